The van der Waals surface area contributed by atoms with E-state index in [1.165, 1.54) is 43.0 Å². The second kappa shape index (κ2) is 51.9. The average molecular weight is 1630 g/mol. The lowest BCUT2D eigenvalue weighted by atomic mass is 10.0. The van der Waals surface area contributed by atoms with Crippen LogP contribution in [0.1, 0.15) is 78.5 Å². The molecule has 0 spiro atoms. The number of hydrogen-bond acceptors (Lipinski definition) is 25. The SMILES string of the molecule is CSCC[C@H](NC(=O)[C@H](CC(C)C)NC(=O)[C@H](Cc1cnc[nH]1)NC(=O)CNC(=O)[C@@H](NC(=O)[C@H](C)NC(=O)[C@H](Cc1c[nH]c2ccccc12)NC(=O)[C@H](CCC(N)=O)NC(=O)CNC(=O)COCCOCCNC(=O)[C@H](CO)NC(=O)CNC(=O)[C@H](CSCNC(C)=O)NC(=O)[C@H](CO)NC(=O)CN(C)C)C(C)C)C(N)=O. The van der Waals surface area contributed by atoms with E-state index in [4.69, 9.17) is 20.9 Å². The molecule has 2 heterocycles. The Morgan fingerprint density at radius 2 is 1.10 bits per heavy atom. The topological polar surface area (TPSA) is 629 Å². The molecule has 2 aromatic heterocycles. The van der Waals surface area contributed by atoms with E-state index in [2.05, 4.69) is 94.7 Å². The summed E-state index contributed by atoms with van der Waals surface area (Å²) in [6.45, 7) is 4.39. The Balaban J connectivity index is 1.57. The average Bonchev–Trinajstić information content (AvgIpc) is 1.71. The molecule has 17 amide bonds. The number of amides is 17. The number of benzene rings is 1. The largest absolute Gasteiger partial charge is 0.394 e. The third kappa shape index (κ3) is 38.0. The van der Waals surface area contributed by atoms with Crippen molar-refractivity contribution in [1.82, 2.24) is 99.6 Å². The molecule has 0 aliphatic heterocycles. The first-order valence-electron chi connectivity index (χ1n) is 36.1. The Morgan fingerprint density at radius 1 is 0.549 bits per heavy atom. The molecule has 0 aliphatic rings. The van der Waals surface area contributed by atoms with Gasteiger partial charge in [0, 0.05) is 67.5 Å². The summed E-state index contributed by atoms with van der Waals surface area (Å²) in [5.41, 5.74) is 12.6. The van der Waals surface area contributed by atoms with Crippen molar-refractivity contribution in [3.05, 3.63) is 54.2 Å². The van der Waals surface area contributed by atoms with Gasteiger partial charge in [0.1, 0.15) is 67.0 Å². The Bertz CT molecular complexity index is 3680. The molecule has 3 aromatic rings. The van der Waals surface area contributed by atoms with Crippen LogP contribution in [0.5, 0.6) is 0 Å². The number of ether oxygens (including phenoxy) is 2. The lowest BCUT2D eigenvalue weighted by molar-refractivity contribution is -0.135. The van der Waals surface area contributed by atoms with Gasteiger partial charge in [-0.05, 0) is 75.8 Å². The van der Waals surface area contributed by atoms with E-state index in [0.29, 0.717) is 27.9 Å². The first kappa shape index (κ1) is 96.7. The van der Waals surface area contributed by atoms with Gasteiger partial charge in [-0.15, -0.1) is 11.8 Å². The number of fused-ring (bicyclic) bond motifs is 1. The Hall–Kier alpha value is -10.5. The molecule has 0 unspecified atom stereocenters. The number of thioether (sulfide) groups is 2. The first-order chi connectivity index (χ1) is 53.5. The minimum Gasteiger partial charge on any atom is -0.394 e. The van der Waals surface area contributed by atoms with E-state index in [-0.39, 0.29) is 88.5 Å². The van der Waals surface area contributed by atoms with Gasteiger partial charge in [-0.3, -0.25) is 81.5 Å². The van der Waals surface area contributed by atoms with Gasteiger partial charge in [-0.1, -0.05) is 45.9 Å². The van der Waals surface area contributed by atoms with Gasteiger partial charge in [-0.25, -0.2) is 4.98 Å². The van der Waals surface area contributed by atoms with Gasteiger partial charge < -0.3 is 126 Å². The highest BCUT2D eigenvalue weighted by Crippen LogP contribution is 2.20. The van der Waals surface area contributed by atoms with Gasteiger partial charge in [-0.2, -0.15) is 11.8 Å². The van der Waals surface area contributed by atoms with Crippen LogP contribution in [0.15, 0.2) is 43.0 Å². The van der Waals surface area contributed by atoms with Gasteiger partial charge in [0.05, 0.1) is 71.4 Å². The molecule has 0 radical (unpaired) electrons. The normalized spacial score (nSPS) is 13.8. The number of para-hydroxylation sites is 1. The van der Waals surface area contributed by atoms with Crippen molar-refractivity contribution >= 4 is 135 Å². The summed E-state index contributed by atoms with van der Waals surface area (Å²) in [7, 11) is 3.22. The van der Waals surface area contributed by atoms with Crippen molar-refractivity contribution in [2.24, 2.45) is 23.3 Å². The molecule has 42 nitrogen and oxygen atoms in total. The molecule has 23 N–H and O–H groups in total. The Kier molecular flexibility index (Phi) is 44.4. The lowest BCUT2D eigenvalue weighted by Gasteiger charge is -2.26. The molecule has 628 valence electrons. The number of rotatable bonds is 55. The maximum absolute atomic E-state index is 14.3. The van der Waals surface area contributed by atoms with Crippen LogP contribution in [0.25, 0.3) is 10.9 Å². The molecule has 1 aromatic carbocycles. The van der Waals surface area contributed by atoms with E-state index in [1.807, 2.05) is 20.1 Å². The number of aliphatic hydroxyl groups excluding tert-OH is 2. The summed E-state index contributed by atoms with van der Waals surface area (Å²) >= 11 is 2.48. The molecular formula is C69H109N21O21S2. The smallest absolute Gasteiger partial charge is 0.246 e. The van der Waals surface area contributed by atoms with E-state index in [0.717, 1.165) is 11.8 Å². The highest BCUT2D eigenvalue weighted by Gasteiger charge is 2.35. The number of H-pyrrole nitrogens is 2. The number of aliphatic hydroxyl groups is 2. The second-order valence-corrected chi connectivity index (χ2v) is 28.9. The van der Waals surface area contributed by atoms with Crippen LogP contribution < -0.4 is 91.2 Å². The van der Waals surface area contributed by atoms with Crippen molar-refractivity contribution in [3.63, 3.8) is 0 Å². The second-order valence-electron chi connectivity index (χ2n) is 26.9. The van der Waals surface area contributed by atoms with Gasteiger partial charge in [0.25, 0.3) is 0 Å². The minimum atomic E-state index is -1.53. The number of nitrogens with two attached hydrogens (primary N) is 2. The third-order valence-corrected chi connectivity index (χ3v) is 17.8. The number of carbonyl (C=O) groups excluding carboxylic acids is 17. The van der Waals surface area contributed by atoms with Crippen LogP contribution in [-0.2, 0) is 104 Å². The summed E-state index contributed by atoms with van der Waals surface area (Å²) in [6, 6.07) is -6.45. The van der Waals surface area contributed by atoms with Crippen molar-refractivity contribution < 1.29 is 101 Å². The molecule has 0 saturated carbocycles. The number of primary amides is 2. The molecule has 3 rings (SSSR count). The molecule has 0 bridgehead atoms. The van der Waals surface area contributed by atoms with Crippen molar-refractivity contribution in [3.8, 4) is 0 Å². The highest BCUT2D eigenvalue weighted by molar-refractivity contribution is 7.99. The fraction of sp³-hybridized carbons (Fsp3) is 0.594. The monoisotopic (exact) mass is 1630 g/mol. The fourth-order valence-electron chi connectivity index (χ4n) is 10.3. The van der Waals surface area contributed by atoms with Crippen LogP contribution in [0.3, 0.4) is 0 Å². The standard InChI is InChI=1S/C69H109N21O21S2/c1-37(2)22-47(66(106)85-45(60(71)100)16-21-112-9)86-67(107)49(24-42-26-72-35-78-42)82-55(96)29-77-69(109)59(38(3)4)89-61(101)39(5)80-65(105)48(23-41-25-74-44-13-11-10-12-43(41)44)87-64(104)46(14-15-53(70)94)81-54(95)27-75-58(99)33-111-20-19-110-18-17-73-62(102)50(31-91)83-56(97)28-76-63(103)52(34-113-36-79-40(6)93)88-68(108)51(32-92)84-57(98)30-90(7)8/h10-13,25-26,35,37-39,45-52,59,74,91-92H,14-24,27-34,36H2,1-9H3,(H2,70,94)(H2,71,100)(H,72,78)(H,73,102)(H,75,99)(H,76,103)(H,77,109)(H,79,93)(H,80,105)(H,81,95)(H,82,96)(H,83,97)(H,84,98)(H,85,106)(H,86,107)(H,87,104)(H,88,108)(H,89,101)/t39-,45-,46-,47-,48-,49-,50-,51-,52-,59-/m0/s1. The van der Waals surface area contributed by atoms with Crippen LogP contribution in [0.4, 0.5) is 0 Å². The summed E-state index contributed by atoms with van der Waals surface area (Å²) < 4.78 is 10.7. The number of aromatic amines is 2. The molecule has 0 aliphatic carbocycles. The molecule has 44 heteroatoms. The molecular weight excluding hydrogens is 1520 g/mol. The van der Waals surface area contributed by atoms with Crippen molar-refractivity contribution in [2.75, 3.05) is 110 Å². The number of imidazole rings is 1. The van der Waals surface area contributed by atoms with Crippen molar-refractivity contribution in [1.29, 1.82) is 0 Å². The maximum atomic E-state index is 14.3. The summed E-state index contributed by atoms with van der Waals surface area (Å²) in [5, 5.41) is 57.4. The lowest BCUT2D eigenvalue weighted by Crippen LogP contribution is -2.59. The quantitative estimate of drug-likeness (QED) is 0.0184. The number of nitrogens with zero attached hydrogens (tertiary/aromatic N) is 2. The zero-order chi connectivity index (χ0) is 84.3. The van der Waals surface area contributed by atoms with E-state index in [9.17, 15) is 91.7 Å². The number of aromatic nitrogens is 3. The molecule has 10 atom stereocenters. The minimum absolute atomic E-state index is 0.0436. The molecule has 0 saturated heterocycles. The van der Waals surface area contributed by atoms with Crippen molar-refractivity contribution in [2.45, 2.75) is 140 Å². The van der Waals surface area contributed by atoms with E-state index < -0.39 is 207 Å². The highest BCUT2D eigenvalue weighted by atomic mass is 32.2. The van der Waals surface area contributed by atoms with Gasteiger partial charge in [0.15, 0.2) is 0 Å². The zero-order valence-electron chi connectivity index (χ0n) is 64.6. The molecule has 0 fully saturated rings. The molecule has 113 heavy (non-hydrogen) atoms. The number of carbonyl (C=O) groups is 17. The summed E-state index contributed by atoms with van der Waals surface area (Å²) in [4.78, 5) is 234. The summed E-state index contributed by atoms with van der Waals surface area (Å²) in [5.74, 6) is -14.0. The zero-order valence-corrected chi connectivity index (χ0v) is 66.3. The van der Waals surface area contributed by atoms with Gasteiger partial charge in [0.2, 0.25) is 100 Å². The summed E-state index contributed by atoms with van der Waals surface area (Å²) in [6.07, 6.45) is 5.47. The number of hydrogen-bond donors (Lipinski definition) is 21. The van der Waals surface area contributed by atoms with Crippen LogP contribution in [0.2, 0.25) is 0 Å². The number of nitrogens with one attached hydrogen (secondary N) is 17. The fourth-order valence-corrected chi connectivity index (χ4v) is 11.7. The predicted octanol–water partition coefficient (Wildman–Crippen LogP) is -8.38. The number of likely N-dealkylation sites (N-methyl/N-ethyl adjacent to an activating group) is 1. The Labute approximate surface area is 660 Å². The van der Waals surface area contributed by atoms with E-state index >= 15 is 0 Å². The van der Waals surface area contributed by atoms with Crippen LogP contribution in [-0.4, -0.2) is 301 Å². The van der Waals surface area contributed by atoms with Crippen LogP contribution >= 0.6 is 23.5 Å². The first-order valence-corrected chi connectivity index (χ1v) is 38.6. The predicted molar refractivity (Wildman–Crippen MR) is 412 cm³/mol. The third-order valence-electron chi connectivity index (χ3n) is 16.2. The Morgan fingerprint density at radius 3 is 1.71 bits per heavy atom. The van der Waals surface area contributed by atoms with Crippen LogP contribution in [0, 0.1) is 11.8 Å². The van der Waals surface area contributed by atoms with E-state index in [1.54, 1.807) is 58.4 Å². The maximum Gasteiger partial charge on any atom is 0.246 e. The van der Waals surface area contributed by atoms with Gasteiger partial charge >= 0.3 is 0 Å².